The van der Waals surface area contributed by atoms with Gasteiger partial charge in [0.15, 0.2) is 17.3 Å². The van der Waals surface area contributed by atoms with Crippen LogP contribution in [-0.2, 0) is 6.18 Å². The van der Waals surface area contributed by atoms with Gasteiger partial charge in [-0.15, -0.1) is 0 Å². The summed E-state index contributed by atoms with van der Waals surface area (Å²) in [5.41, 5.74) is -1.00. The first-order valence-corrected chi connectivity index (χ1v) is 5.54. The van der Waals surface area contributed by atoms with E-state index in [4.69, 9.17) is 4.74 Å². The van der Waals surface area contributed by atoms with Gasteiger partial charge in [-0.05, 0) is 28.1 Å². The number of rotatable bonds is 2. The highest BCUT2D eigenvalue weighted by atomic mass is 79.9. The van der Waals surface area contributed by atoms with Crippen molar-refractivity contribution in [3.8, 4) is 11.6 Å². The van der Waals surface area contributed by atoms with E-state index in [1.165, 1.54) is 19.5 Å². The standard InChI is InChI=1S/C10H7BrF3N3O/c1-18-7-3-2-4-15-9(7)17-5-6(11)8(16-17)10(12,13)14/h2-5H,1H3. The number of aromatic nitrogens is 3. The van der Waals surface area contributed by atoms with Crippen molar-refractivity contribution in [3.05, 3.63) is 34.7 Å². The average molecular weight is 322 g/mol. The molecule has 0 bridgehead atoms. The Bertz CT molecular complexity index is 568. The zero-order valence-electron chi connectivity index (χ0n) is 9.07. The van der Waals surface area contributed by atoms with Gasteiger partial charge in [0.05, 0.1) is 11.6 Å². The highest BCUT2D eigenvalue weighted by Gasteiger charge is 2.37. The largest absolute Gasteiger partial charge is 0.493 e. The second-order valence-electron chi connectivity index (χ2n) is 3.30. The Morgan fingerprint density at radius 3 is 2.67 bits per heavy atom. The van der Waals surface area contributed by atoms with Crippen LogP contribution in [0.15, 0.2) is 29.0 Å². The highest BCUT2D eigenvalue weighted by molar-refractivity contribution is 9.10. The van der Waals surface area contributed by atoms with Crippen LogP contribution in [0.25, 0.3) is 5.82 Å². The van der Waals surface area contributed by atoms with Gasteiger partial charge in [-0.3, -0.25) is 0 Å². The number of ether oxygens (including phenoxy) is 1. The Kier molecular flexibility index (Phi) is 3.29. The molecule has 0 aliphatic heterocycles. The molecule has 4 nitrogen and oxygen atoms in total. The van der Waals surface area contributed by atoms with Crippen molar-refractivity contribution in [2.75, 3.05) is 7.11 Å². The minimum Gasteiger partial charge on any atom is -0.493 e. The number of hydrogen-bond acceptors (Lipinski definition) is 3. The molecule has 0 amide bonds. The normalized spacial score (nSPS) is 11.6. The molecule has 2 aromatic rings. The van der Waals surface area contributed by atoms with Crippen LogP contribution in [0.4, 0.5) is 13.2 Å². The van der Waals surface area contributed by atoms with Crippen LogP contribution >= 0.6 is 15.9 Å². The predicted molar refractivity (Wildman–Crippen MR) is 60.6 cm³/mol. The van der Waals surface area contributed by atoms with Crippen molar-refractivity contribution in [1.82, 2.24) is 14.8 Å². The summed E-state index contributed by atoms with van der Waals surface area (Å²) in [6.45, 7) is 0. The summed E-state index contributed by atoms with van der Waals surface area (Å²) in [6, 6.07) is 3.21. The highest BCUT2D eigenvalue weighted by Crippen LogP contribution is 2.34. The fourth-order valence-corrected chi connectivity index (χ4v) is 1.87. The summed E-state index contributed by atoms with van der Waals surface area (Å²) < 4.78 is 43.7. The van der Waals surface area contributed by atoms with E-state index in [9.17, 15) is 13.2 Å². The van der Waals surface area contributed by atoms with Gasteiger partial charge >= 0.3 is 6.18 Å². The quantitative estimate of drug-likeness (QED) is 0.853. The van der Waals surface area contributed by atoms with Crippen molar-refractivity contribution in [1.29, 1.82) is 0 Å². The van der Waals surface area contributed by atoms with Gasteiger partial charge in [0.1, 0.15) is 0 Å². The summed E-state index contributed by atoms with van der Waals surface area (Å²) in [7, 11) is 1.41. The molecule has 8 heteroatoms. The predicted octanol–water partition coefficient (Wildman–Crippen LogP) is 3.06. The fourth-order valence-electron chi connectivity index (χ4n) is 1.37. The maximum absolute atomic E-state index is 12.6. The molecule has 0 saturated carbocycles. The van der Waals surface area contributed by atoms with Gasteiger partial charge in [0.25, 0.3) is 0 Å². The number of nitrogens with zero attached hydrogens (tertiary/aromatic N) is 3. The number of pyridine rings is 1. The van der Waals surface area contributed by atoms with E-state index in [0.29, 0.717) is 5.75 Å². The molecule has 0 aliphatic carbocycles. The topological polar surface area (TPSA) is 39.9 Å². The summed E-state index contributed by atoms with van der Waals surface area (Å²) >= 11 is 2.82. The van der Waals surface area contributed by atoms with Gasteiger partial charge in [-0.2, -0.15) is 18.3 Å². The summed E-state index contributed by atoms with van der Waals surface area (Å²) in [5.74, 6) is 0.525. The van der Waals surface area contributed by atoms with Gasteiger partial charge in [-0.1, -0.05) is 0 Å². The lowest BCUT2D eigenvalue weighted by atomic mass is 10.4. The van der Waals surface area contributed by atoms with Gasteiger partial charge in [0.2, 0.25) is 0 Å². The second kappa shape index (κ2) is 4.60. The fraction of sp³-hybridized carbons (Fsp3) is 0.200. The van der Waals surface area contributed by atoms with Gasteiger partial charge < -0.3 is 4.74 Å². The van der Waals surface area contributed by atoms with Crippen LogP contribution < -0.4 is 4.74 Å². The molecule has 2 heterocycles. The third-order valence-electron chi connectivity index (χ3n) is 2.13. The number of hydrogen-bond donors (Lipinski definition) is 0. The van der Waals surface area contributed by atoms with E-state index in [2.05, 4.69) is 26.0 Å². The summed E-state index contributed by atoms with van der Waals surface area (Å²) in [5, 5.41) is 3.46. The zero-order valence-corrected chi connectivity index (χ0v) is 10.7. The first kappa shape index (κ1) is 12.9. The average Bonchev–Trinajstić information content (AvgIpc) is 2.71. The molecule has 0 aromatic carbocycles. The molecule has 0 fully saturated rings. The molecule has 0 spiro atoms. The molecule has 96 valence electrons. The van der Waals surface area contributed by atoms with Crippen molar-refractivity contribution in [2.24, 2.45) is 0 Å². The Morgan fingerprint density at radius 2 is 2.11 bits per heavy atom. The molecule has 0 saturated heterocycles. The van der Waals surface area contributed by atoms with Crippen LogP contribution in [0.1, 0.15) is 5.69 Å². The minimum absolute atomic E-state index is 0.150. The smallest absolute Gasteiger partial charge is 0.436 e. The maximum Gasteiger partial charge on any atom is 0.436 e. The SMILES string of the molecule is COc1cccnc1-n1cc(Br)c(C(F)(F)F)n1. The number of halogens is 4. The first-order chi connectivity index (χ1) is 8.43. The van der Waals surface area contributed by atoms with Gasteiger partial charge in [0, 0.05) is 12.4 Å². The molecular weight excluding hydrogens is 315 g/mol. The van der Waals surface area contributed by atoms with Crippen LogP contribution in [-0.4, -0.2) is 21.9 Å². The van der Waals surface area contributed by atoms with Crippen LogP contribution in [0, 0.1) is 0 Å². The molecule has 0 unspecified atom stereocenters. The van der Waals surface area contributed by atoms with E-state index >= 15 is 0 Å². The minimum atomic E-state index is -4.52. The van der Waals surface area contributed by atoms with E-state index in [1.54, 1.807) is 12.1 Å². The van der Waals surface area contributed by atoms with Gasteiger partial charge in [-0.25, -0.2) is 9.67 Å². The Labute approximate surface area is 109 Å². The summed E-state index contributed by atoms with van der Waals surface area (Å²) in [6.07, 6.45) is -1.89. The molecule has 0 radical (unpaired) electrons. The first-order valence-electron chi connectivity index (χ1n) is 4.75. The van der Waals surface area contributed by atoms with Crippen molar-refractivity contribution >= 4 is 15.9 Å². The zero-order chi connectivity index (χ0) is 13.3. The van der Waals surface area contributed by atoms with Crippen molar-refractivity contribution < 1.29 is 17.9 Å². The van der Waals surface area contributed by atoms with Crippen LogP contribution in [0.2, 0.25) is 0 Å². The maximum atomic E-state index is 12.6. The van der Waals surface area contributed by atoms with E-state index < -0.39 is 11.9 Å². The number of alkyl halides is 3. The monoisotopic (exact) mass is 321 g/mol. The third kappa shape index (κ3) is 2.33. The lowest BCUT2D eigenvalue weighted by molar-refractivity contribution is -0.141. The molecule has 2 rings (SSSR count). The molecule has 18 heavy (non-hydrogen) atoms. The van der Waals surface area contributed by atoms with E-state index in [-0.39, 0.29) is 10.3 Å². The molecule has 0 N–H and O–H groups in total. The second-order valence-corrected chi connectivity index (χ2v) is 4.15. The van der Waals surface area contributed by atoms with E-state index in [0.717, 1.165) is 4.68 Å². The molecule has 0 aliphatic rings. The lowest BCUT2D eigenvalue weighted by Gasteiger charge is -2.06. The summed E-state index contributed by atoms with van der Waals surface area (Å²) in [4.78, 5) is 3.94. The number of methoxy groups -OCH3 is 1. The van der Waals surface area contributed by atoms with Crippen LogP contribution in [0.3, 0.4) is 0 Å². The van der Waals surface area contributed by atoms with Crippen molar-refractivity contribution in [3.63, 3.8) is 0 Å². The Balaban J connectivity index is 2.53. The molecule has 2 aromatic heterocycles. The molecular formula is C10H7BrF3N3O. The molecule has 0 atom stereocenters. The third-order valence-corrected chi connectivity index (χ3v) is 2.71. The van der Waals surface area contributed by atoms with E-state index in [1.807, 2.05) is 0 Å². The van der Waals surface area contributed by atoms with Crippen molar-refractivity contribution in [2.45, 2.75) is 6.18 Å². The Morgan fingerprint density at radius 1 is 1.39 bits per heavy atom. The van der Waals surface area contributed by atoms with Crippen LogP contribution in [0.5, 0.6) is 5.75 Å². The Hall–Kier alpha value is -1.57. The lowest BCUT2D eigenvalue weighted by Crippen LogP contribution is -2.08.